The van der Waals surface area contributed by atoms with Crippen molar-refractivity contribution in [1.82, 2.24) is 0 Å². The molecule has 17 heteroatoms. The summed E-state index contributed by atoms with van der Waals surface area (Å²) in [5.74, 6) is 3.32. The van der Waals surface area contributed by atoms with E-state index in [-0.39, 0.29) is 23.0 Å². The summed E-state index contributed by atoms with van der Waals surface area (Å²) in [7, 11) is 0. The van der Waals surface area contributed by atoms with Crippen LogP contribution in [-0.4, -0.2) is 176 Å². The molecule has 350 valence electrons. The average Bonchev–Trinajstić information content (AvgIpc) is 3.69. The van der Waals surface area contributed by atoms with Crippen LogP contribution in [0.15, 0.2) is 0 Å². The molecule has 9 aliphatic rings. The Morgan fingerprint density at radius 3 is 2.00 bits per heavy atom. The zero-order chi connectivity index (χ0) is 43.3. The molecule has 5 aliphatic heterocycles. The molecule has 9 rings (SSSR count). The Balaban J connectivity index is 0.834. The molecule has 26 atom stereocenters. The van der Waals surface area contributed by atoms with E-state index in [0.717, 1.165) is 58.0 Å². The summed E-state index contributed by atoms with van der Waals surface area (Å²) in [6.07, 6.45) is -10.8. The van der Waals surface area contributed by atoms with Gasteiger partial charge in [0, 0.05) is 12.3 Å². The predicted octanol–water partition coefficient (Wildman–Crippen LogP) is -0.0945. The van der Waals surface area contributed by atoms with Crippen molar-refractivity contribution in [3.63, 3.8) is 0 Å². The van der Waals surface area contributed by atoms with E-state index in [4.69, 9.17) is 37.9 Å². The Bertz CT molecular complexity index is 1520. The van der Waals surface area contributed by atoms with Crippen LogP contribution in [0.5, 0.6) is 0 Å². The molecule has 1 spiro atoms. The van der Waals surface area contributed by atoms with Crippen LogP contribution >= 0.6 is 0 Å². The highest BCUT2D eigenvalue weighted by Gasteiger charge is 2.69. The van der Waals surface area contributed by atoms with Crippen molar-refractivity contribution in [2.75, 3.05) is 26.4 Å². The Morgan fingerprint density at radius 1 is 0.607 bits per heavy atom. The Morgan fingerprint density at radius 2 is 1.30 bits per heavy atom. The lowest BCUT2D eigenvalue weighted by Crippen LogP contribution is -2.65. The Labute approximate surface area is 357 Å². The first-order chi connectivity index (χ1) is 29.0. The molecule has 12 unspecified atom stereocenters. The number of aliphatic hydroxyl groups excluding tert-OH is 9. The third kappa shape index (κ3) is 7.58. The number of hydrogen-bond donors (Lipinski definition) is 9. The van der Waals surface area contributed by atoms with Gasteiger partial charge in [-0.1, -0.05) is 27.7 Å². The first-order valence-electron chi connectivity index (χ1n) is 23.2. The van der Waals surface area contributed by atoms with E-state index in [1.807, 2.05) is 0 Å². The van der Waals surface area contributed by atoms with Gasteiger partial charge in [-0.3, -0.25) is 0 Å². The van der Waals surface area contributed by atoms with Gasteiger partial charge in [-0.05, 0) is 104 Å². The molecule has 17 nitrogen and oxygen atoms in total. The van der Waals surface area contributed by atoms with Crippen molar-refractivity contribution < 1.29 is 83.9 Å². The van der Waals surface area contributed by atoms with Crippen molar-refractivity contribution in [2.24, 2.45) is 52.3 Å². The molecular weight excluding hydrogens is 800 g/mol. The summed E-state index contributed by atoms with van der Waals surface area (Å²) < 4.78 is 49.0. The molecule has 0 bridgehead atoms. The lowest BCUT2D eigenvalue weighted by Gasteiger charge is -2.61. The average molecular weight is 873 g/mol. The second-order valence-corrected chi connectivity index (χ2v) is 21.1. The summed E-state index contributed by atoms with van der Waals surface area (Å²) >= 11 is 0. The highest BCUT2D eigenvalue weighted by atomic mass is 16.8. The van der Waals surface area contributed by atoms with Gasteiger partial charge in [0.1, 0.15) is 67.1 Å². The van der Waals surface area contributed by atoms with Crippen molar-refractivity contribution in [3.8, 4) is 0 Å². The first kappa shape index (κ1) is 45.5. The van der Waals surface area contributed by atoms with Crippen LogP contribution in [0.25, 0.3) is 0 Å². The number of ether oxygens (including phenoxy) is 8. The standard InChI is InChI=1S/C44H72O17/c1-19-7-12-44(55-17-19)20(2)30-26(61-44)14-25-23-6-5-21-13-22(8-10-42(21,3)24(23)9-11-43(25,30)4)56-41-38(35(51)32(48)28(16-46)58-41)60-39-36(52)33(49)29(18-54-39)59-40-37(53)34(50)31(47)27(15-45)57-40/h19-41,45-53H,5-18H2,1-4H3/t19?,20?,21?,22?,23?,24?,25?,26?,27-,28-,29-,30?,31-,32-,33-,34-,35-,36-,37-,38-,39+,40+,41-,42?,43?,44?/m1/s1. The molecule has 4 aliphatic carbocycles. The lowest BCUT2D eigenvalue weighted by atomic mass is 9.44. The quantitative estimate of drug-likeness (QED) is 0.145. The largest absolute Gasteiger partial charge is 0.394 e. The molecule has 5 saturated heterocycles. The fourth-order valence-corrected chi connectivity index (χ4v) is 14.4. The molecule has 9 N–H and O–H groups in total. The fraction of sp³-hybridized carbons (Fsp3) is 1.00. The van der Waals surface area contributed by atoms with Gasteiger partial charge in [0.15, 0.2) is 24.7 Å². The van der Waals surface area contributed by atoms with Crippen molar-refractivity contribution >= 4 is 0 Å². The summed E-state index contributed by atoms with van der Waals surface area (Å²) in [4.78, 5) is 0. The number of aliphatic hydroxyl groups is 9. The highest BCUT2D eigenvalue weighted by molar-refractivity contribution is 5.15. The van der Waals surface area contributed by atoms with Crippen LogP contribution in [0.3, 0.4) is 0 Å². The van der Waals surface area contributed by atoms with Crippen molar-refractivity contribution in [3.05, 3.63) is 0 Å². The third-order valence-electron chi connectivity index (χ3n) is 17.9. The van der Waals surface area contributed by atoms with Crippen LogP contribution in [0, 0.1) is 52.3 Å². The normalized spacial score (nSPS) is 58.5. The van der Waals surface area contributed by atoms with E-state index in [1.165, 1.54) is 12.8 Å². The van der Waals surface area contributed by atoms with E-state index in [0.29, 0.717) is 41.4 Å². The van der Waals surface area contributed by atoms with Gasteiger partial charge < -0.3 is 83.9 Å². The second kappa shape index (κ2) is 17.2. The van der Waals surface area contributed by atoms with Gasteiger partial charge in [0.05, 0.1) is 38.6 Å². The maximum absolute atomic E-state index is 11.3. The van der Waals surface area contributed by atoms with Crippen molar-refractivity contribution in [2.45, 2.75) is 196 Å². The van der Waals surface area contributed by atoms with Gasteiger partial charge in [-0.2, -0.15) is 0 Å². The predicted molar refractivity (Wildman–Crippen MR) is 210 cm³/mol. The minimum absolute atomic E-state index is 0.134. The van der Waals surface area contributed by atoms with E-state index in [1.54, 1.807) is 0 Å². The molecule has 5 heterocycles. The van der Waals surface area contributed by atoms with E-state index in [9.17, 15) is 46.0 Å². The maximum Gasteiger partial charge on any atom is 0.187 e. The molecule has 0 radical (unpaired) electrons. The van der Waals surface area contributed by atoms with Crippen molar-refractivity contribution in [1.29, 1.82) is 0 Å². The van der Waals surface area contributed by atoms with Crippen LogP contribution in [0.4, 0.5) is 0 Å². The molecule has 0 amide bonds. The van der Waals surface area contributed by atoms with E-state index in [2.05, 4.69) is 27.7 Å². The van der Waals surface area contributed by atoms with Gasteiger partial charge >= 0.3 is 0 Å². The number of fused-ring (bicyclic) bond motifs is 7. The molecule has 4 saturated carbocycles. The van der Waals surface area contributed by atoms with Crippen LogP contribution in [0.2, 0.25) is 0 Å². The summed E-state index contributed by atoms with van der Waals surface area (Å²) in [5.41, 5.74) is 0.367. The number of rotatable bonds is 8. The van der Waals surface area contributed by atoms with Gasteiger partial charge in [0.2, 0.25) is 0 Å². The zero-order valence-electron chi connectivity index (χ0n) is 36.0. The first-order valence-corrected chi connectivity index (χ1v) is 23.2. The smallest absolute Gasteiger partial charge is 0.187 e. The third-order valence-corrected chi connectivity index (χ3v) is 17.9. The van der Waals surface area contributed by atoms with Crippen LogP contribution < -0.4 is 0 Å². The topological polar surface area (TPSA) is 256 Å². The van der Waals surface area contributed by atoms with Crippen LogP contribution in [0.1, 0.15) is 91.9 Å². The Hall–Kier alpha value is -0.680. The second-order valence-electron chi connectivity index (χ2n) is 21.1. The van der Waals surface area contributed by atoms with E-state index >= 15 is 0 Å². The minimum Gasteiger partial charge on any atom is -0.394 e. The molecule has 0 aromatic rings. The molecule has 0 aromatic heterocycles. The van der Waals surface area contributed by atoms with E-state index < -0.39 is 112 Å². The van der Waals surface area contributed by atoms with Gasteiger partial charge in [-0.15, -0.1) is 0 Å². The fourth-order valence-electron chi connectivity index (χ4n) is 14.4. The Kier molecular flexibility index (Phi) is 12.8. The summed E-state index contributed by atoms with van der Waals surface area (Å²) in [5, 5.41) is 94.7. The summed E-state index contributed by atoms with van der Waals surface area (Å²) in [6, 6.07) is 0. The summed E-state index contributed by atoms with van der Waals surface area (Å²) in [6.45, 7) is 8.81. The van der Waals surface area contributed by atoms with Crippen LogP contribution in [-0.2, 0) is 37.9 Å². The number of hydrogen-bond acceptors (Lipinski definition) is 17. The van der Waals surface area contributed by atoms with Gasteiger partial charge in [0.25, 0.3) is 0 Å². The SMILES string of the molecule is CC1CCC2(OC1)OC1CC3C4CCC5CC(O[C@@H]6O[C@H](CO)[C@@H](O)[C@@H](O)[C@H]6O[C@@H]6OC[C@@H](O[C@@H]7O[C@H](CO)[C@@H](O)[C@@H](O)[C@H]7O)[C@@H](O)[C@H]6O)CCC5(C)C4CCC3(C)C1C2C. The zero-order valence-corrected chi connectivity index (χ0v) is 36.0. The molecule has 0 aromatic carbocycles. The highest BCUT2D eigenvalue weighted by Crippen LogP contribution is 2.71. The molecule has 9 fully saturated rings. The lowest BCUT2D eigenvalue weighted by molar-refractivity contribution is -0.375. The minimum atomic E-state index is -1.77. The van der Waals surface area contributed by atoms with Gasteiger partial charge in [-0.25, -0.2) is 0 Å². The maximum atomic E-state index is 11.3. The molecule has 61 heavy (non-hydrogen) atoms. The monoisotopic (exact) mass is 872 g/mol. The molecular formula is C44H72O17.